The lowest BCUT2D eigenvalue weighted by Gasteiger charge is -2.26. The maximum atomic E-state index is 9.17. The van der Waals surface area contributed by atoms with Crippen molar-refractivity contribution in [2.24, 2.45) is 0 Å². The summed E-state index contributed by atoms with van der Waals surface area (Å²) in [4.78, 5) is 6.53. The number of ether oxygens (including phenoxy) is 1. The number of benzene rings is 1. The molecule has 4 heteroatoms. The van der Waals surface area contributed by atoms with Gasteiger partial charge >= 0.3 is 0 Å². The number of nitriles is 1. The molecule has 2 heterocycles. The molecule has 3 rings (SSSR count). The molecule has 124 valence electrons. The van der Waals surface area contributed by atoms with Crippen LogP contribution < -0.4 is 4.74 Å². The summed E-state index contributed by atoms with van der Waals surface area (Å²) in [7, 11) is 0. The zero-order chi connectivity index (χ0) is 16.6. The van der Waals surface area contributed by atoms with E-state index in [0.717, 1.165) is 36.4 Å². The van der Waals surface area contributed by atoms with E-state index in [0.29, 0.717) is 5.56 Å². The molecule has 1 aromatic heterocycles. The number of nitrogens with zero attached hydrogens (tertiary/aromatic N) is 3. The lowest BCUT2D eigenvalue weighted by molar-refractivity contribution is 0.205. The second-order valence-corrected chi connectivity index (χ2v) is 6.16. The van der Waals surface area contributed by atoms with E-state index in [1.807, 2.05) is 30.3 Å². The highest BCUT2D eigenvalue weighted by atomic mass is 16.5. The standard InChI is InChI=1S/C20H23N3O/c21-15-18-16-22-10-9-20(18)17-5-7-19(8-6-17)24-14-4-13-23-11-2-1-3-12-23/h5-10,16H,1-4,11-14H2. The van der Waals surface area contributed by atoms with Gasteiger partial charge in [0.05, 0.1) is 12.2 Å². The van der Waals surface area contributed by atoms with Gasteiger partial charge in [0.15, 0.2) is 0 Å². The number of hydrogen-bond acceptors (Lipinski definition) is 4. The minimum Gasteiger partial charge on any atom is -0.494 e. The van der Waals surface area contributed by atoms with E-state index in [1.165, 1.54) is 32.4 Å². The predicted octanol–water partition coefficient (Wildman–Crippen LogP) is 3.88. The van der Waals surface area contributed by atoms with Crippen LogP contribution in [0.15, 0.2) is 42.7 Å². The quantitative estimate of drug-likeness (QED) is 0.758. The molecule has 0 bridgehead atoms. The number of pyridine rings is 1. The topological polar surface area (TPSA) is 49.1 Å². The monoisotopic (exact) mass is 321 g/mol. The van der Waals surface area contributed by atoms with Gasteiger partial charge in [-0.05, 0) is 56.1 Å². The van der Waals surface area contributed by atoms with E-state index in [9.17, 15) is 0 Å². The van der Waals surface area contributed by atoms with Gasteiger partial charge in [0.25, 0.3) is 0 Å². The number of piperidine rings is 1. The molecule has 1 aliphatic heterocycles. The van der Waals surface area contributed by atoms with Crippen LogP contribution in [-0.2, 0) is 0 Å². The molecule has 0 atom stereocenters. The van der Waals surface area contributed by atoms with Crippen LogP contribution in [0.4, 0.5) is 0 Å². The molecular formula is C20H23N3O. The summed E-state index contributed by atoms with van der Waals surface area (Å²) < 4.78 is 5.84. The summed E-state index contributed by atoms with van der Waals surface area (Å²) in [5.74, 6) is 0.880. The largest absolute Gasteiger partial charge is 0.494 e. The second kappa shape index (κ2) is 8.47. The summed E-state index contributed by atoms with van der Waals surface area (Å²) in [6, 6.07) is 12.0. The molecule has 24 heavy (non-hydrogen) atoms. The Labute approximate surface area is 143 Å². The summed E-state index contributed by atoms with van der Waals surface area (Å²) in [5, 5.41) is 9.17. The lowest BCUT2D eigenvalue weighted by Crippen LogP contribution is -2.31. The molecule has 0 N–H and O–H groups in total. The lowest BCUT2D eigenvalue weighted by atomic mass is 10.0. The van der Waals surface area contributed by atoms with Crippen LogP contribution in [0.3, 0.4) is 0 Å². The molecule has 1 aromatic carbocycles. The first kappa shape index (κ1) is 16.5. The average molecular weight is 321 g/mol. The third kappa shape index (κ3) is 4.33. The van der Waals surface area contributed by atoms with Gasteiger partial charge in [0.1, 0.15) is 11.8 Å². The van der Waals surface area contributed by atoms with Crippen molar-refractivity contribution in [3.8, 4) is 22.9 Å². The van der Waals surface area contributed by atoms with Crippen molar-refractivity contribution in [3.05, 3.63) is 48.3 Å². The van der Waals surface area contributed by atoms with E-state index >= 15 is 0 Å². The molecule has 0 radical (unpaired) electrons. The zero-order valence-electron chi connectivity index (χ0n) is 13.9. The third-order valence-electron chi connectivity index (χ3n) is 4.44. The number of aromatic nitrogens is 1. The van der Waals surface area contributed by atoms with Crippen LogP contribution in [0.2, 0.25) is 0 Å². The van der Waals surface area contributed by atoms with Crippen LogP contribution >= 0.6 is 0 Å². The third-order valence-corrected chi connectivity index (χ3v) is 4.44. The molecule has 0 aliphatic carbocycles. The number of hydrogen-bond donors (Lipinski definition) is 0. The summed E-state index contributed by atoms with van der Waals surface area (Å²) in [5.41, 5.74) is 2.51. The molecule has 0 amide bonds. The fourth-order valence-corrected chi connectivity index (χ4v) is 3.13. The van der Waals surface area contributed by atoms with Crippen molar-refractivity contribution in [3.63, 3.8) is 0 Å². The van der Waals surface area contributed by atoms with Gasteiger partial charge in [-0.1, -0.05) is 18.6 Å². The molecule has 1 aliphatic rings. The van der Waals surface area contributed by atoms with Crippen molar-refractivity contribution < 1.29 is 4.74 Å². The fourth-order valence-electron chi connectivity index (χ4n) is 3.13. The first-order valence-corrected chi connectivity index (χ1v) is 8.66. The molecule has 0 unspecified atom stereocenters. The normalized spacial score (nSPS) is 15.0. The van der Waals surface area contributed by atoms with Crippen LogP contribution in [-0.4, -0.2) is 36.1 Å². The van der Waals surface area contributed by atoms with Crippen molar-refractivity contribution >= 4 is 0 Å². The van der Waals surface area contributed by atoms with E-state index in [-0.39, 0.29) is 0 Å². The minimum absolute atomic E-state index is 0.590. The predicted molar refractivity (Wildman–Crippen MR) is 94.8 cm³/mol. The maximum absolute atomic E-state index is 9.17. The molecule has 0 saturated carbocycles. The Bertz CT molecular complexity index is 685. The first-order chi connectivity index (χ1) is 11.9. The molecule has 2 aromatic rings. The van der Waals surface area contributed by atoms with Gasteiger partial charge in [-0.2, -0.15) is 5.26 Å². The molecule has 0 spiro atoms. The SMILES string of the molecule is N#Cc1cnccc1-c1ccc(OCCCN2CCCCC2)cc1. The van der Waals surface area contributed by atoms with Crippen LogP contribution in [0, 0.1) is 11.3 Å². The van der Waals surface area contributed by atoms with E-state index in [1.54, 1.807) is 12.4 Å². The van der Waals surface area contributed by atoms with Crippen molar-refractivity contribution in [2.75, 3.05) is 26.2 Å². The van der Waals surface area contributed by atoms with Gasteiger partial charge in [0.2, 0.25) is 0 Å². The Balaban J connectivity index is 1.50. The maximum Gasteiger partial charge on any atom is 0.119 e. The Hall–Kier alpha value is -2.38. The number of likely N-dealkylation sites (tertiary alicyclic amines) is 1. The highest BCUT2D eigenvalue weighted by Gasteiger charge is 2.09. The Morgan fingerprint density at radius 1 is 1.08 bits per heavy atom. The highest BCUT2D eigenvalue weighted by molar-refractivity contribution is 5.70. The average Bonchev–Trinajstić information content (AvgIpc) is 2.66. The van der Waals surface area contributed by atoms with Crippen molar-refractivity contribution in [2.45, 2.75) is 25.7 Å². The van der Waals surface area contributed by atoms with Crippen molar-refractivity contribution in [1.82, 2.24) is 9.88 Å². The second-order valence-electron chi connectivity index (χ2n) is 6.16. The Morgan fingerprint density at radius 3 is 2.62 bits per heavy atom. The summed E-state index contributed by atoms with van der Waals surface area (Å²) >= 11 is 0. The molecule has 1 saturated heterocycles. The van der Waals surface area contributed by atoms with Crippen LogP contribution in [0.25, 0.3) is 11.1 Å². The van der Waals surface area contributed by atoms with Gasteiger partial charge in [0, 0.05) is 24.5 Å². The van der Waals surface area contributed by atoms with Gasteiger partial charge in [-0.3, -0.25) is 4.98 Å². The fraction of sp³-hybridized carbons (Fsp3) is 0.400. The van der Waals surface area contributed by atoms with Crippen LogP contribution in [0.1, 0.15) is 31.2 Å². The molecule has 4 nitrogen and oxygen atoms in total. The highest BCUT2D eigenvalue weighted by Crippen LogP contribution is 2.24. The van der Waals surface area contributed by atoms with Gasteiger partial charge in [-0.25, -0.2) is 0 Å². The molecule has 1 fully saturated rings. The van der Waals surface area contributed by atoms with E-state index < -0.39 is 0 Å². The zero-order valence-corrected chi connectivity index (χ0v) is 13.9. The summed E-state index contributed by atoms with van der Waals surface area (Å²) in [6.45, 7) is 4.35. The minimum atomic E-state index is 0.590. The van der Waals surface area contributed by atoms with E-state index in [2.05, 4.69) is 16.0 Å². The van der Waals surface area contributed by atoms with Crippen LogP contribution in [0.5, 0.6) is 5.75 Å². The van der Waals surface area contributed by atoms with Gasteiger partial charge < -0.3 is 9.64 Å². The summed E-state index contributed by atoms with van der Waals surface area (Å²) in [6.07, 6.45) is 8.42. The Morgan fingerprint density at radius 2 is 1.88 bits per heavy atom. The number of rotatable bonds is 6. The first-order valence-electron chi connectivity index (χ1n) is 8.66. The smallest absolute Gasteiger partial charge is 0.119 e. The van der Waals surface area contributed by atoms with Crippen molar-refractivity contribution in [1.29, 1.82) is 5.26 Å². The molecular weight excluding hydrogens is 298 g/mol. The Kier molecular flexibility index (Phi) is 5.81. The van der Waals surface area contributed by atoms with Gasteiger partial charge in [-0.15, -0.1) is 0 Å². The van der Waals surface area contributed by atoms with E-state index in [4.69, 9.17) is 10.00 Å².